The van der Waals surface area contributed by atoms with Crippen molar-refractivity contribution in [1.82, 2.24) is 10.2 Å². The molecule has 0 bridgehead atoms. The van der Waals surface area contributed by atoms with Crippen molar-refractivity contribution in [2.45, 2.75) is 45.3 Å². The van der Waals surface area contributed by atoms with Crippen LogP contribution in [0.5, 0.6) is 0 Å². The van der Waals surface area contributed by atoms with E-state index in [-0.39, 0.29) is 18.0 Å². The second-order valence-electron chi connectivity index (χ2n) is 6.62. The third-order valence-corrected chi connectivity index (χ3v) is 3.72. The van der Waals surface area contributed by atoms with Gasteiger partial charge in [0.2, 0.25) is 0 Å². The number of ether oxygens (including phenoxy) is 1. The molecular weight excluding hydrogens is 316 g/mol. The van der Waals surface area contributed by atoms with E-state index in [1.807, 2.05) is 20.8 Å². The second-order valence-corrected chi connectivity index (χ2v) is 7.01. The molecule has 0 radical (unpaired) electrons. The van der Waals surface area contributed by atoms with Crippen molar-refractivity contribution >= 4 is 28.7 Å². The van der Waals surface area contributed by atoms with E-state index in [4.69, 9.17) is 21.7 Å². The van der Waals surface area contributed by atoms with Gasteiger partial charge in [0.15, 0.2) is 5.84 Å². The average Bonchev–Trinajstić information content (AvgIpc) is 2.45. The van der Waals surface area contributed by atoms with Crippen molar-refractivity contribution in [1.29, 1.82) is 5.41 Å². The minimum Gasteiger partial charge on any atom is -0.444 e. The van der Waals surface area contributed by atoms with Crippen LogP contribution in [-0.4, -0.2) is 46.7 Å². The number of amides is 1. The predicted molar refractivity (Wildman–Crippen MR) is 92.2 cm³/mol. The SMILES string of the molecule is CC(C)(C)OC(=O)N1CCC(N/C=C2/C=CC(Cl)=NC2=N)CC1. The van der Waals surface area contributed by atoms with Crippen molar-refractivity contribution in [2.75, 3.05) is 13.1 Å². The van der Waals surface area contributed by atoms with Gasteiger partial charge in [-0.3, -0.25) is 5.41 Å². The van der Waals surface area contributed by atoms with Crippen LogP contribution in [0.2, 0.25) is 0 Å². The van der Waals surface area contributed by atoms with Crippen LogP contribution in [0.1, 0.15) is 33.6 Å². The minimum atomic E-state index is -0.466. The highest BCUT2D eigenvalue weighted by Gasteiger charge is 2.26. The Hall–Kier alpha value is -1.82. The summed E-state index contributed by atoms with van der Waals surface area (Å²) >= 11 is 5.74. The molecule has 1 fully saturated rings. The summed E-state index contributed by atoms with van der Waals surface area (Å²) < 4.78 is 5.38. The molecule has 7 heteroatoms. The molecule has 2 aliphatic heterocycles. The van der Waals surface area contributed by atoms with Gasteiger partial charge < -0.3 is 15.0 Å². The van der Waals surface area contributed by atoms with Gasteiger partial charge in [-0.15, -0.1) is 0 Å². The lowest BCUT2D eigenvalue weighted by molar-refractivity contribution is 0.0201. The van der Waals surface area contributed by atoms with Crippen molar-refractivity contribution in [3.8, 4) is 0 Å². The molecule has 1 saturated heterocycles. The number of aliphatic imine (C=N–C) groups is 1. The number of hydrogen-bond donors (Lipinski definition) is 2. The number of rotatable bonds is 2. The molecule has 2 aliphatic rings. The highest BCUT2D eigenvalue weighted by molar-refractivity contribution is 6.69. The summed E-state index contributed by atoms with van der Waals surface area (Å²) in [6, 6.07) is 0.267. The molecule has 6 nitrogen and oxygen atoms in total. The van der Waals surface area contributed by atoms with E-state index in [0.29, 0.717) is 23.8 Å². The van der Waals surface area contributed by atoms with Crippen LogP contribution in [0.25, 0.3) is 0 Å². The number of allylic oxidation sites excluding steroid dienone is 1. The maximum Gasteiger partial charge on any atom is 0.410 e. The van der Waals surface area contributed by atoms with E-state index in [0.717, 1.165) is 12.8 Å². The molecule has 2 heterocycles. The Morgan fingerprint density at radius 3 is 2.65 bits per heavy atom. The van der Waals surface area contributed by atoms with Crippen LogP contribution in [0, 0.1) is 5.41 Å². The topological polar surface area (TPSA) is 77.8 Å². The number of nitrogens with zero attached hydrogens (tertiary/aromatic N) is 2. The van der Waals surface area contributed by atoms with Crippen LogP contribution >= 0.6 is 11.6 Å². The lowest BCUT2D eigenvalue weighted by Gasteiger charge is -2.33. The van der Waals surface area contributed by atoms with Crippen molar-refractivity contribution in [3.63, 3.8) is 0 Å². The molecule has 23 heavy (non-hydrogen) atoms. The second kappa shape index (κ2) is 7.17. The van der Waals surface area contributed by atoms with Crippen LogP contribution in [0.15, 0.2) is 28.9 Å². The lowest BCUT2D eigenvalue weighted by Crippen LogP contribution is -2.45. The molecular formula is C16H23ClN4O2. The van der Waals surface area contributed by atoms with Gasteiger partial charge >= 0.3 is 6.09 Å². The molecule has 0 aromatic carbocycles. The minimum absolute atomic E-state index is 0.149. The fourth-order valence-electron chi connectivity index (χ4n) is 2.33. The van der Waals surface area contributed by atoms with Gasteiger partial charge in [0.1, 0.15) is 10.8 Å². The first-order valence-electron chi connectivity index (χ1n) is 7.70. The maximum atomic E-state index is 12.0. The zero-order chi connectivity index (χ0) is 17.0. The van der Waals surface area contributed by atoms with Crippen molar-refractivity contribution in [2.24, 2.45) is 4.99 Å². The maximum absolute atomic E-state index is 12.0. The molecule has 1 amide bonds. The summed E-state index contributed by atoms with van der Waals surface area (Å²) in [6.07, 6.45) is 6.64. The number of amidine groups is 1. The van der Waals surface area contributed by atoms with Crippen LogP contribution in [0.3, 0.4) is 0 Å². The molecule has 0 aliphatic carbocycles. The summed E-state index contributed by atoms with van der Waals surface area (Å²) in [7, 11) is 0. The molecule has 0 atom stereocenters. The van der Waals surface area contributed by atoms with E-state index in [1.54, 1.807) is 23.3 Å². The fourth-order valence-corrected chi connectivity index (χ4v) is 2.47. The summed E-state index contributed by atoms with van der Waals surface area (Å²) in [6.45, 7) is 6.92. The number of carbonyl (C=O) groups is 1. The lowest BCUT2D eigenvalue weighted by atomic mass is 10.1. The van der Waals surface area contributed by atoms with Crippen LogP contribution in [-0.2, 0) is 4.74 Å². The van der Waals surface area contributed by atoms with Crippen LogP contribution in [0.4, 0.5) is 4.79 Å². The normalized spacial score (nSPS) is 21.4. The monoisotopic (exact) mass is 338 g/mol. The largest absolute Gasteiger partial charge is 0.444 e. The number of carbonyl (C=O) groups excluding carboxylic acids is 1. The van der Waals surface area contributed by atoms with E-state index in [1.165, 1.54) is 0 Å². The summed E-state index contributed by atoms with van der Waals surface area (Å²) in [4.78, 5) is 17.6. The molecule has 0 spiro atoms. The third kappa shape index (κ3) is 5.39. The third-order valence-electron chi connectivity index (χ3n) is 3.51. The highest BCUT2D eigenvalue weighted by atomic mass is 35.5. The van der Waals surface area contributed by atoms with Gasteiger partial charge in [-0.1, -0.05) is 11.6 Å². The first-order chi connectivity index (χ1) is 10.7. The first kappa shape index (κ1) is 17.5. The number of hydrogen-bond acceptors (Lipinski definition) is 4. The number of piperidine rings is 1. The van der Waals surface area contributed by atoms with Crippen LogP contribution < -0.4 is 5.32 Å². The summed E-state index contributed by atoms with van der Waals surface area (Å²) in [5.74, 6) is 0.149. The van der Waals surface area contributed by atoms with Gasteiger partial charge in [-0.25, -0.2) is 9.79 Å². The van der Waals surface area contributed by atoms with E-state index >= 15 is 0 Å². The van der Waals surface area contributed by atoms with Gasteiger partial charge in [0.05, 0.1) is 0 Å². The standard InChI is InChI=1S/C16H23ClN4O2/c1-16(2,3)23-15(22)21-8-6-12(7-9-21)19-10-11-4-5-13(17)20-14(11)18/h4-5,10,12,18-19H,6-9H2,1-3H3/b11-10-,18-14?. The van der Waals surface area contributed by atoms with Crippen molar-refractivity contribution < 1.29 is 9.53 Å². The van der Waals surface area contributed by atoms with Gasteiger partial charge in [0, 0.05) is 30.9 Å². The molecule has 0 aromatic rings. The van der Waals surface area contributed by atoms with E-state index in [2.05, 4.69) is 10.3 Å². The van der Waals surface area contributed by atoms with Gasteiger partial charge in [-0.05, 0) is 45.8 Å². The van der Waals surface area contributed by atoms with Gasteiger partial charge in [-0.2, -0.15) is 0 Å². The Morgan fingerprint density at radius 2 is 2.09 bits per heavy atom. The molecule has 126 valence electrons. The Labute approximate surface area is 141 Å². The number of nitrogens with one attached hydrogen (secondary N) is 2. The fraction of sp³-hybridized carbons (Fsp3) is 0.562. The highest BCUT2D eigenvalue weighted by Crippen LogP contribution is 2.16. The zero-order valence-electron chi connectivity index (χ0n) is 13.7. The molecule has 2 N–H and O–H groups in total. The predicted octanol–water partition coefficient (Wildman–Crippen LogP) is 3.04. The Morgan fingerprint density at radius 1 is 1.43 bits per heavy atom. The first-order valence-corrected chi connectivity index (χ1v) is 8.08. The summed E-state index contributed by atoms with van der Waals surface area (Å²) in [5, 5.41) is 11.4. The Balaban J connectivity index is 1.80. The Kier molecular flexibility index (Phi) is 5.46. The zero-order valence-corrected chi connectivity index (χ0v) is 14.5. The van der Waals surface area contributed by atoms with Gasteiger partial charge in [0.25, 0.3) is 0 Å². The molecule has 0 aromatic heterocycles. The molecule has 0 unspecified atom stereocenters. The van der Waals surface area contributed by atoms with E-state index in [9.17, 15) is 4.79 Å². The van der Waals surface area contributed by atoms with E-state index < -0.39 is 5.60 Å². The smallest absolute Gasteiger partial charge is 0.410 e. The number of dihydropyridines is 1. The number of likely N-dealkylation sites (tertiary alicyclic amines) is 1. The summed E-state index contributed by atoms with van der Waals surface area (Å²) in [5.41, 5.74) is 0.232. The average molecular weight is 339 g/mol. The molecule has 2 rings (SSSR count). The Bertz CT molecular complexity index is 567. The number of halogens is 1. The van der Waals surface area contributed by atoms with Crippen molar-refractivity contribution in [3.05, 3.63) is 23.9 Å². The molecule has 0 saturated carbocycles. The quantitative estimate of drug-likeness (QED) is 0.812.